The zero-order valence-electron chi connectivity index (χ0n) is 30.8. The van der Waals surface area contributed by atoms with Crippen molar-refractivity contribution in [2.24, 2.45) is 0 Å². The normalized spacial score (nSPS) is 15.6. The van der Waals surface area contributed by atoms with Crippen molar-refractivity contribution in [2.75, 3.05) is 39.3 Å². The lowest BCUT2D eigenvalue weighted by Gasteiger charge is -2.30. The van der Waals surface area contributed by atoms with Crippen molar-refractivity contribution >= 4 is 33.6 Å². The van der Waals surface area contributed by atoms with Gasteiger partial charge >= 0.3 is 0 Å². The van der Waals surface area contributed by atoms with Gasteiger partial charge < -0.3 is 20.8 Å². The molecule has 10 heteroatoms. The van der Waals surface area contributed by atoms with E-state index >= 15 is 0 Å². The highest BCUT2D eigenvalue weighted by Gasteiger charge is 2.21. The SMILES string of the molecule is O=C(NC[C@H](O)CN1CCc2ccccc2C1)c1ccc2nc(Cc3ccc4c(c3)CCN(C[C@@H](O)CNC(=O)c3ccc5ncccc5c3)C4)ccc2c1. The van der Waals surface area contributed by atoms with Gasteiger partial charge in [-0.05, 0) is 89.2 Å². The zero-order valence-corrected chi connectivity index (χ0v) is 30.8. The molecule has 0 saturated heterocycles. The molecule has 0 fully saturated rings. The quantitative estimate of drug-likeness (QED) is 0.143. The molecule has 8 rings (SSSR count). The summed E-state index contributed by atoms with van der Waals surface area (Å²) in [6.07, 6.45) is 2.94. The van der Waals surface area contributed by atoms with Crippen molar-refractivity contribution < 1.29 is 19.8 Å². The number of aromatic nitrogens is 2. The van der Waals surface area contributed by atoms with Crippen LogP contribution in [0, 0.1) is 0 Å². The Bertz CT molecular complexity index is 2350. The van der Waals surface area contributed by atoms with Crippen molar-refractivity contribution in [3.05, 3.63) is 154 Å². The molecule has 0 radical (unpaired) electrons. The number of nitrogens with one attached hydrogen (secondary N) is 2. The Morgan fingerprint density at radius 3 is 1.96 bits per heavy atom. The van der Waals surface area contributed by atoms with Gasteiger partial charge in [0.25, 0.3) is 11.8 Å². The first-order valence-electron chi connectivity index (χ1n) is 19.1. The molecule has 0 spiro atoms. The maximum atomic E-state index is 13.0. The second-order valence-electron chi connectivity index (χ2n) is 14.9. The molecule has 4 aromatic carbocycles. The molecular formula is C45H46N6O4. The summed E-state index contributed by atoms with van der Waals surface area (Å²) in [5, 5.41) is 29.0. The number of benzene rings is 4. The lowest BCUT2D eigenvalue weighted by Crippen LogP contribution is -2.42. The third-order valence-corrected chi connectivity index (χ3v) is 10.8. The van der Waals surface area contributed by atoms with Crippen LogP contribution < -0.4 is 10.6 Å². The van der Waals surface area contributed by atoms with E-state index in [-0.39, 0.29) is 24.9 Å². The second kappa shape index (κ2) is 16.5. The van der Waals surface area contributed by atoms with Gasteiger partial charge in [0.2, 0.25) is 0 Å². The summed E-state index contributed by atoms with van der Waals surface area (Å²) in [4.78, 5) is 39.4. The molecule has 6 aromatic rings. The number of carbonyl (C=O) groups is 2. The van der Waals surface area contributed by atoms with Crippen molar-refractivity contribution in [3.63, 3.8) is 0 Å². The van der Waals surface area contributed by atoms with Crippen LogP contribution in [-0.2, 0) is 32.4 Å². The van der Waals surface area contributed by atoms with Gasteiger partial charge in [0.1, 0.15) is 0 Å². The smallest absolute Gasteiger partial charge is 0.251 e. The molecule has 2 aliphatic rings. The Balaban J connectivity index is 0.799. The van der Waals surface area contributed by atoms with Gasteiger partial charge in [0.05, 0.1) is 23.2 Å². The van der Waals surface area contributed by atoms with Crippen LogP contribution in [0.1, 0.15) is 54.2 Å². The number of aliphatic hydroxyl groups excluding tert-OH is 2. The fourth-order valence-electron chi connectivity index (χ4n) is 7.82. The first-order chi connectivity index (χ1) is 26.8. The molecule has 10 nitrogen and oxygen atoms in total. The molecule has 0 saturated carbocycles. The van der Waals surface area contributed by atoms with Crippen LogP contribution in [0.5, 0.6) is 0 Å². The fourth-order valence-corrected chi connectivity index (χ4v) is 7.82. The lowest BCUT2D eigenvalue weighted by molar-refractivity contribution is 0.0839. The Morgan fingerprint density at radius 1 is 0.636 bits per heavy atom. The van der Waals surface area contributed by atoms with Crippen molar-refractivity contribution in [3.8, 4) is 0 Å². The highest BCUT2D eigenvalue weighted by atomic mass is 16.3. The van der Waals surface area contributed by atoms with Crippen LogP contribution in [0.15, 0.2) is 109 Å². The summed E-state index contributed by atoms with van der Waals surface area (Å²) in [5.41, 5.74) is 10.1. The first kappa shape index (κ1) is 36.5. The number of hydrogen-bond donors (Lipinski definition) is 4. The number of pyridine rings is 2. The predicted molar refractivity (Wildman–Crippen MR) is 214 cm³/mol. The maximum absolute atomic E-state index is 13.0. The Kier molecular flexibility index (Phi) is 10.9. The molecule has 2 amide bonds. The summed E-state index contributed by atoms with van der Waals surface area (Å²) >= 11 is 0. The minimum atomic E-state index is -0.682. The van der Waals surface area contributed by atoms with Gasteiger partial charge in [-0.3, -0.25) is 29.4 Å². The van der Waals surface area contributed by atoms with E-state index < -0.39 is 12.2 Å². The molecule has 280 valence electrons. The van der Waals surface area contributed by atoms with E-state index in [1.165, 1.54) is 27.8 Å². The van der Waals surface area contributed by atoms with Gasteiger partial charge in [-0.1, -0.05) is 54.6 Å². The number of aliphatic hydroxyl groups is 2. The summed E-state index contributed by atoms with van der Waals surface area (Å²) < 4.78 is 0. The summed E-state index contributed by atoms with van der Waals surface area (Å²) in [6, 6.07) is 33.8. The van der Waals surface area contributed by atoms with Gasteiger partial charge in [-0.15, -0.1) is 0 Å². The molecule has 4 N–H and O–H groups in total. The molecule has 2 aromatic heterocycles. The van der Waals surface area contributed by atoms with E-state index in [0.717, 1.165) is 66.5 Å². The van der Waals surface area contributed by atoms with Crippen LogP contribution >= 0.6 is 0 Å². The molecular weight excluding hydrogens is 689 g/mol. The Labute approximate surface area is 320 Å². The third kappa shape index (κ3) is 8.90. The second-order valence-corrected chi connectivity index (χ2v) is 14.9. The van der Waals surface area contributed by atoms with E-state index in [4.69, 9.17) is 4.98 Å². The van der Waals surface area contributed by atoms with Gasteiger partial charge in [0.15, 0.2) is 0 Å². The fraction of sp³-hybridized carbons (Fsp3) is 0.289. The molecule has 55 heavy (non-hydrogen) atoms. The molecule has 0 aliphatic carbocycles. The average molecular weight is 735 g/mol. The molecule has 0 unspecified atom stereocenters. The third-order valence-electron chi connectivity index (χ3n) is 10.8. The average Bonchev–Trinajstić information content (AvgIpc) is 3.21. The van der Waals surface area contributed by atoms with Crippen LogP contribution in [0.2, 0.25) is 0 Å². The number of β-amino-alcohol motifs (C(OH)–C–C–N with tert-alkyl or cyclic N) is 2. The number of hydrogen-bond acceptors (Lipinski definition) is 8. The van der Waals surface area contributed by atoms with E-state index in [1.807, 2.05) is 48.5 Å². The van der Waals surface area contributed by atoms with Crippen LogP contribution in [0.3, 0.4) is 0 Å². The highest BCUT2D eigenvalue weighted by molar-refractivity contribution is 5.98. The van der Waals surface area contributed by atoms with Gasteiger partial charge in [-0.25, -0.2) is 0 Å². The van der Waals surface area contributed by atoms with Crippen molar-refractivity contribution in [1.82, 2.24) is 30.4 Å². The number of nitrogens with zero attached hydrogens (tertiary/aromatic N) is 4. The lowest BCUT2D eigenvalue weighted by atomic mass is 9.95. The first-order valence-corrected chi connectivity index (χ1v) is 19.1. The summed E-state index contributed by atoms with van der Waals surface area (Å²) in [5.74, 6) is -0.421. The largest absolute Gasteiger partial charge is 0.390 e. The van der Waals surface area contributed by atoms with E-state index in [0.29, 0.717) is 30.6 Å². The minimum absolute atomic E-state index is 0.180. The monoisotopic (exact) mass is 734 g/mol. The number of carbonyl (C=O) groups excluding carboxylic acids is 2. The van der Waals surface area contributed by atoms with Gasteiger partial charge in [0, 0.05) is 92.6 Å². The standard InChI is InChI=1S/C45H46N6O4/c52-40(28-50-18-15-31-4-1-2-5-37(31)26-50)24-48-45(55)36-11-14-43-34(23-36)9-12-39(49-43)21-30-7-8-38-27-51(19-16-32(38)20-30)29-41(53)25-47-44(54)35-10-13-42-33(22-35)6-3-17-46-42/h1-14,17,20,22-23,40-41,52-53H,15-16,18-19,21,24-29H2,(H,47,54)(H,48,55)/t40-,41-/m0/s1. The summed E-state index contributed by atoms with van der Waals surface area (Å²) in [7, 11) is 0. The van der Waals surface area contributed by atoms with E-state index in [2.05, 4.69) is 67.9 Å². The summed E-state index contributed by atoms with van der Waals surface area (Å²) in [6.45, 7) is 4.65. The highest BCUT2D eigenvalue weighted by Crippen LogP contribution is 2.24. The van der Waals surface area contributed by atoms with E-state index in [1.54, 1.807) is 18.3 Å². The molecule has 0 bridgehead atoms. The van der Waals surface area contributed by atoms with Crippen LogP contribution in [-0.4, -0.2) is 93.3 Å². The number of rotatable bonds is 12. The Hall–Kier alpha value is -5.52. The van der Waals surface area contributed by atoms with E-state index in [9.17, 15) is 19.8 Å². The minimum Gasteiger partial charge on any atom is -0.390 e. The Morgan fingerprint density at radius 2 is 1.25 bits per heavy atom. The topological polar surface area (TPSA) is 131 Å². The van der Waals surface area contributed by atoms with Crippen molar-refractivity contribution in [2.45, 2.75) is 44.6 Å². The van der Waals surface area contributed by atoms with Crippen LogP contribution in [0.25, 0.3) is 21.8 Å². The number of fused-ring (bicyclic) bond motifs is 4. The maximum Gasteiger partial charge on any atom is 0.251 e. The van der Waals surface area contributed by atoms with Crippen LogP contribution in [0.4, 0.5) is 0 Å². The zero-order chi connectivity index (χ0) is 37.7. The molecule has 2 atom stereocenters. The predicted octanol–water partition coefficient (Wildman–Crippen LogP) is 4.67. The van der Waals surface area contributed by atoms with Gasteiger partial charge in [-0.2, -0.15) is 0 Å². The van der Waals surface area contributed by atoms with Crippen molar-refractivity contribution in [1.29, 1.82) is 0 Å². The molecule has 4 heterocycles. The number of amides is 2. The molecule has 2 aliphatic heterocycles.